The van der Waals surface area contributed by atoms with Crippen LogP contribution in [-0.2, 0) is 4.79 Å². The van der Waals surface area contributed by atoms with Crippen molar-refractivity contribution in [3.63, 3.8) is 0 Å². The number of para-hydroxylation sites is 1. The number of amides is 1. The predicted octanol–water partition coefficient (Wildman–Crippen LogP) is 3.03. The van der Waals surface area contributed by atoms with Crippen molar-refractivity contribution in [2.75, 3.05) is 11.9 Å². The van der Waals surface area contributed by atoms with Crippen LogP contribution in [0.2, 0.25) is 0 Å². The van der Waals surface area contributed by atoms with E-state index in [1.54, 1.807) is 12.1 Å². The maximum absolute atomic E-state index is 13.4. The number of hydrogen-bond acceptors (Lipinski definition) is 5. The van der Waals surface area contributed by atoms with E-state index in [0.29, 0.717) is 5.56 Å². The molecule has 1 N–H and O–H groups in total. The van der Waals surface area contributed by atoms with Crippen LogP contribution >= 0.6 is 0 Å². The Bertz CT molecular complexity index is 867. The summed E-state index contributed by atoms with van der Waals surface area (Å²) in [5, 5.41) is 9.66. The highest BCUT2D eigenvalue weighted by Crippen LogP contribution is 2.20. The molecule has 6 nitrogen and oxygen atoms in total. The Morgan fingerprint density at radius 1 is 1.12 bits per heavy atom. The summed E-state index contributed by atoms with van der Waals surface area (Å²) in [7, 11) is 0. The molecule has 0 saturated heterocycles. The number of rotatable bonds is 5. The van der Waals surface area contributed by atoms with Gasteiger partial charge in [-0.15, -0.1) is 5.10 Å². The summed E-state index contributed by atoms with van der Waals surface area (Å²) in [5.41, 5.74) is 0.380. The van der Waals surface area contributed by atoms with Gasteiger partial charge in [-0.1, -0.05) is 23.3 Å². The fourth-order valence-electron chi connectivity index (χ4n) is 1.87. The topological polar surface area (TPSA) is 77.2 Å². The minimum absolute atomic E-state index is 0.0429. The highest BCUT2D eigenvalue weighted by molar-refractivity contribution is 5.89. The molecule has 0 aliphatic carbocycles. The van der Waals surface area contributed by atoms with Crippen molar-refractivity contribution in [3.05, 3.63) is 60.2 Å². The van der Waals surface area contributed by atoms with Crippen molar-refractivity contribution in [1.82, 2.24) is 10.2 Å². The van der Waals surface area contributed by atoms with E-state index >= 15 is 0 Å². The van der Waals surface area contributed by atoms with Crippen LogP contribution in [0, 0.1) is 11.6 Å². The van der Waals surface area contributed by atoms with Crippen molar-refractivity contribution in [2.24, 2.45) is 0 Å². The van der Waals surface area contributed by atoms with Gasteiger partial charge in [0.05, 0.1) is 0 Å². The lowest BCUT2D eigenvalue weighted by Gasteiger charge is -2.05. The number of carbonyl (C=O) groups is 1. The van der Waals surface area contributed by atoms with E-state index in [1.807, 2.05) is 0 Å². The third-order valence-corrected chi connectivity index (χ3v) is 2.94. The van der Waals surface area contributed by atoms with Crippen LogP contribution < -0.4 is 10.1 Å². The number of benzene rings is 2. The van der Waals surface area contributed by atoms with E-state index in [9.17, 15) is 13.6 Å². The molecule has 24 heavy (non-hydrogen) atoms. The molecule has 0 bridgehead atoms. The zero-order chi connectivity index (χ0) is 16.9. The van der Waals surface area contributed by atoms with Crippen LogP contribution in [-0.4, -0.2) is 22.7 Å². The van der Waals surface area contributed by atoms with Gasteiger partial charge in [-0.05, 0) is 30.3 Å². The molecular formula is C16H11F2N3O3. The van der Waals surface area contributed by atoms with Crippen LogP contribution in [0.15, 0.2) is 52.9 Å². The summed E-state index contributed by atoms with van der Waals surface area (Å²) in [6.45, 7) is -0.432. The third-order valence-electron chi connectivity index (χ3n) is 2.94. The van der Waals surface area contributed by atoms with Gasteiger partial charge in [0.2, 0.25) is 5.89 Å². The largest absolute Gasteiger partial charge is 0.481 e. The monoisotopic (exact) mass is 331 g/mol. The quantitative estimate of drug-likeness (QED) is 0.777. The summed E-state index contributed by atoms with van der Waals surface area (Å²) in [5.74, 6) is -1.61. The maximum Gasteiger partial charge on any atom is 0.322 e. The number of nitrogens with one attached hydrogen (secondary N) is 1. The Hall–Kier alpha value is -3.29. The van der Waals surface area contributed by atoms with E-state index in [-0.39, 0.29) is 17.7 Å². The molecule has 1 amide bonds. The van der Waals surface area contributed by atoms with Gasteiger partial charge in [0, 0.05) is 5.56 Å². The molecule has 122 valence electrons. The Balaban J connectivity index is 1.60. The van der Waals surface area contributed by atoms with E-state index in [1.165, 1.54) is 36.4 Å². The van der Waals surface area contributed by atoms with E-state index in [4.69, 9.17) is 9.15 Å². The highest BCUT2D eigenvalue weighted by Gasteiger charge is 2.13. The van der Waals surface area contributed by atoms with Crippen molar-refractivity contribution in [3.8, 4) is 17.2 Å². The first-order valence-corrected chi connectivity index (χ1v) is 6.88. The molecule has 0 fully saturated rings. The molecule has 3 aromatic rings. The van der Waals surface area contributed by atoms with Gasteiger partial charge in [-0.25, -0.2) is 8.78 Å². The molecule has 8 heteroatoms. The lowest BCUT2D eigenvalue weighted by molar-refractivity contribution is -0.118. The molecule has 0 saturated carbocycles. The number of ether oxygens (including phenoxy) is 1. The Labute approximate surface area is 135 Å². The highest BCUT2D eigenvalue weighted by atomic mass is 19.1. The van der Waals surface area contributed by atoms with Crippen molar-refractivity contribution in [2.45, 2.75) is 0 Å². The second-order valence-electron chi connectivity index (χ2n) is 4.69. The number of hydrogen-bond donors (Lipinski definition) is 1. The normalized spacial score (nSPS) is 10.4. The van der Waals surface area contributed by atoms with Crippen LogP contribution in [0.1, 0.15) is 0 Å². The van der Waals surface area contributed by atoms with Crippen LogP contribution in [0.25, 0.3) is 11.5 Å². The van der Waals surface area contributed by atoms with Crippen molar-refractivity contribution >= 4 is 11.9 Å². The lowest BCUT2D eigenvalue weighted by Crippen LogP contribution is -2.20. The molecule has 0 aliphatic heterocycles. The second kappa shape index (κ2) is 6.86. The third kappa shape index (κ3) is 3.72. The molecule has 2 aromatic carbocycles. The zero-order valence-electron chi connectivity index (χ0n) is 12.2. The number of halogens is 2. The van der Waals surface area contributed by atoms with Gasteiger partial charge in [0.15, 0.2) is 18.2 Å². The summed E-state index contributed by atoms with van der Waals surface area (Å²) >= 11 is 0. The first kappa shape index (κ1) is 15.6. The number of nitrogens with zero attached hydrogens (tertiary/aromatic N) is 2. The molecule has 0 unspecified atom stereocenters. The summed E-state index contributed by atoms with van der Waals surface area (Å²) in [6, 6.07) is 11.1. The molecule has 3 rings (SSSR count). The van der Waals surface area contributed by atoms with Crippen LogP contribution in [0.4, 0.5) is 14.8 Å². The average molecular weight is 331 g/mol. The molecule has 0 atom stereocenters. The average Bonchev–Trinajstić information content (AvgIpc) is 3.02. The summed E-state index contributed by atoms with van der Waals surface area (Å²) < 4.78 is 36.8. The maximum atomic E-state index is 13.4. The van der Waals surface area contributed by atoms with Gasteiger partial charge < -0.3 is 9.15 Å². The van der Waals surface area contributed by atoms with Gasteiger partial charge >= 0.3 is 6.01 Å². The zero-order valence-corrected chi connectivity index (χ0v) is 12.2. The van der Waals surface area contributed by atoms with Gasteiger partial charge in [-0.2, -0.15) is 0 Å². The van der Waals surface area contributed by atoms with Crippen molar-refractivity contribution in [1.29, 1.82) is 0 Å². The summed E-state index contributed by atoms with van der Waals surface area (Å²) in [4.78, 5) is 11.8. The minimum Gasteiger partial charge on any atom is -0.481 e. The smallest absolute Gasteiger partial charge is 0.322 e. The Kier molecular flexibility index (Phi) is 4.46. The van der Waals surface area contributed by atoms with Crippen LogP contribution in [0.5, 0.6) is 5.75 Å². The molecular weight excluding hydrogens is 320 g/mol. The fourth-order valence-corrected chi connectivity index (χ4v) is 1.87. The second-order valence-corrected chi connectivity index (χ2v) is 4.69. The fraction of sp³-hybridized carbons (Fsp3) is 0.0625. The molecule has 0 spiro atoms. The standard InChI is InChI=1S/C16H11F2N3O3/c17-11-5-3-4-10(8-11)15-20-21-16(24-15)19-14(22)9-23-13-7-2-1-6-12(13)18/h1-8H,9H2,(H,19,21,22). The molecule has 1 aromatic heterocycles. The summed E-state index contributed by atoms with van der Waals surface area (Å²) in [6.07, 6.45) is 0. The minimum atomic E-state index is -0.604. The van der Waals surface area contributed by atoms with Gasteiger partial charge in [0.1, 0.15) is 5.82 Å². The number of anilines is 1. The Morgan fingerprint density at radius 3 is 2.75 bits per heavy atom. The molecule has 0 radical (unpaired) electrons. The SMILES string of the molecule is O=C(COc1ccccc1F)Nc1nnc(-c2cccc(F)c2)o1. The van der Waals surface area contributed by atoms with E-state index < -0.39 is 24.1 Å². The van der Waals surface area contributed by atoms with E-state index in [2.05, 4.69) is 15.5 Å². The van der Waals surface area contributed by atoms with E-state index in [0.717, 1.165) is 0 Å². The number of carbonyl (C=O) groups excluding carboxylic acids is 1. The van der Waals surface area contributed by atoms with Gasteiger partial charge in [-0.3, -0.25) is 10.1 Å². The van der Waals surface area contributed by atoms with Gasteiger partial charge in [0.25, 0.3) is 5.91 Å². The Morgan fingerprint density at radius 2 is 1.96 bits per heavy atom. The first-order chi connectivity index (χ1) is 11.6. The molecule has 0 aliphatic rings. The first-order valence-electron chi connectivity index (χ1n) is 6.88. The van der Waals surface area contributed by atoms with Crippen LogP contribution in [0.3, 0.4) is 0 Å². The lowest BCUT2D eigenvalue weighted by atomic mass is 10.2. The number of aromatic nitrogens is 2. The predicted molar refractivity (Wildman–Crippen MR) is 80.2 cm³/mol. The van der Waals surface area contributed by atoms with Crippen molar-refractivity contribution < 1.29 is 22.7 Å². The molecule has 1 heterocycles.